The van der Waals surface area contributed by atoms with E-state index in [-0.39, 0.29) is 5.91 Å². The quantitative estimate of drug-likeness (QED) is 0.416. The third kappa shape index (κ3) is 5.43. The lowest BCUT2D eigenvalue weighted by Gasteiger charge is -2.32. The Kier molecular flexibility index (Phi) is 7.75. The highest BCUT2D eigenvalue weighted by Gasteiger charge is 2.40. The molecule has 1 saturated heterocycles. The first-order valence-electron chi connectivity index (χ1n) is 12.2. The minimum atomic E-state index is -1.23. The van der Waals surface area contributed by atoms with Gasteiger partial charge in [-0.25, -0.2) is 0 Å². The van der Waals surface area contributed by atoms with Gasteiger partial charge in [0.2, 0.25) is 11.8 Å². The SMILES string of the molecule is C=CC(C)(C)c1[nH]c2c(CC=C(C)C)c(CC=C(C)C)ccc2c1C(O)C1NC(=O)C(C)NC1=O. The van der Waals surface area contributed by atoms with Crippen LogP contribution in [0.1, 0.15) is 77.0 Å². The number of rotatable bonds is 8. The Labute approximate surface area is 208 Å². The van der Waals surface area contributed by atoms with Crippen LogP contribution in [0.25, 0.3) is 10.9 Å². The van der Waals surface area contributed by atoms with Gasteiger partial charge in [0.05, 0.1) is 0 Å². The lowest BCUT2D eigenvalue weighted by molar-refractivity contribution is -0.139. The zero-order chi connectivity index (χ0) is 26.1. The molecular weight excluding hydrogens is 438 g/mol. The van der Waals surface area contributed by atoms with Gasteiger partial charge in [0, 0.05) is 27.6 Å². The minimum Gasteiger partial charge on any atom is -0.386 e. The molecule has 0 spiro atoms. The number of aliphatic hydroxyl groups is 1. The summed E-state index contributed by atoms with van der Waals surface area (Å²) in [6.07, 6.45) is 6.56. The molecule has 1 fully saturated rings. The van der Waals surface area contributed by atoms with Crippen LogP contribution in [0, 0.1) is 0 Å². The first-order chi connectivity index (χ1) is 16.4. The molecule has 0 radical (unpaired) electrons. The molecule has 2 amide bonds. The van der Waals surface area contributed by atoms with Crippen molar-refractivity contribution in [2.45, 2.75) is 84.9 Å². The first-order valence-corrected chi connectivity index (χ1v) is 12.2. The molecule has 0 bridgehead atoms. The third-order valence-electron chi connectivity index (χ3n) is 6.76. The van der Waals surface area contributed by atoms with E-state index in [2.05, 4.69) is 68.1 Å². The zero-order valence-electron chi connectivity index (χ0n) is 22.0. The van der Waals surface area contributed by atoms with Crippen molar-refractivity contribution in [2.24, 2.45) is 0 Å². The van der Waals surface area contributed by atoms with Gasteiger partial charge in [-0.1, -0.05) is 55.4 Å². The normalized spacial score (nSPS) is 19.1. The number of allylic oxidation sites excluding steroid dienone is 5. The molecule has 6 nitrogen and oxygen atoms in total. The van der Waals surface area contributed by atoms with Crippen LogP contribution in [0.3, 0.4) is 0 Å². The average molecular weight is 478 g/mol. The van der Waals surface area contributed by atoms with Crippen molar-refractivity contribution in [3.63, 3.8) is 0 Å². The molecule has 1 aromatic heterocycles. The van der Waals surface area contributed by atoms with Gasteiger partial charge >= 0.3 is 0 Å². The van der Waals surface area contributed by atoms with Gasteiger partial charge in [-0.05, 0) is 58.6 Å². The number of aromatic amines is 1. The van der Waals surface area contributed by atoms with Crippen molar-refractivity contribution < 1.29 is 14.7 Å². The molecular formula is C29H39N3O3. The number of benzene rings is 1. The number of aliphatic hydroxyl groups excluding tert-OH is 1. The fourth-order valence-corrected chi connectivity index (χ4v) is 4.45. The second-order valence-corrected chi connectivity index (χ2v) is 10.6. The molecule has 2 aromatic rings. The predicted octanol–water partition coefficient (Wildman–Crippen LogP) is 4.69. The van der Waals surface area contributed by atoms with Crippen molar-refractivity contribution in [3.8, 4) is 0 Å². The molecule has 188 valence electrons. The summed E-state index contributed by atoms with van der Waals surface area (Å²) >= 11 is 0. The number of aromatic nitrogens is 1. The number of carbonyl (C=O) groups excluding carboxylic acids is 2. The molecule has 1 aliphatic heterocycles. The molecule has 3 unspecified atom stereocenters. The summed E-state index contributed by atoms with van der Waals surface area (Å²) in [5.41, 5.74) is 6.68. The van der Waals surface area contributed by atoms with Crippen LogP contribution in [0.15, 0.2) is 48.1 Å². The number of piperazine rings is 1. The molecule has 3 rings (SSSR count). The highest BCUT2D eigenvalue weighted by molar-refractivity contribution is 5.98. The number of hydrogen-bond acceptors (Lipinski definition) is 3. The molecule has 1 aliphatic rings. The Morgan fingerprint density at radius 2 is 1.69 bits per heavy atom. The minimum absolute atomic E-state index is 0.314. The van der Waals surface area contributed by atoms with Crippen LogP contribution < -0.4 is 10.6 Å². The van der Waals surface area contributed by atoms with Gasteiger partial charge in [-0.3, -0.25) is 9.59 Å². The largest absolute Gasteiger partial charge is 0.386 e. The predicted molar refractivity (Wildman–Crippen MR) is 142 cm³/mol. The molecule has 3 atom stereocenters. The summed E-state index contributed by atoms with van der Waals surface area (Å²) in [4.78, 5) is 28.7. The highest BCUT2D eigenvalue weighted by atomic mass is 16.3. The van der Waals surface area contributed by atoms with E-state index >= 15 is 0 Å². The Morgan fingerprint density at radius 3 is 2.29 bits per heavy atom. The number of nitrogens with one attached hydrogen (secondary N) is 3. The maximum absolute atomic E-state index is 12.8. The number of H-pyrrole nitrogens is 1. The summed E-state index contributed by atoms with van der Waals surface area (Å²) in [5.74, 6) is -0.711. The Bertz CT molecular complexity index is 1210. The van der Waals surface area contributed by atoms with Crippen molar-refractivity contribution in [1.82, 2.24) is 15.6 Å². The van der Waals surface area contributed by atoms with Crippen LogP contribution in [0.2, 0.25) is 0 Å². The highest BCUT2D eigenvalue weighted by Crippen LogP contribution is 2.39. The Balaban J connectivity index is 2.27. The number of hydrogen-bond donors (Lipinski definition) is 4. The molecule has 1 aromatic carbocycles. The second kappa shape index (κ2) is 10.2. The van der Waals surface area contributed by atoms with E-state index in [0.29, 0.717) is 5.56 Å². The number of carbonyl (C=O) groups is 2. The third-order valence-corrected chi connectivity index (χ3v) is 6.76. The fourth-order valence-electron chi connectivity index (χ4n) is 4.45. The van der Waals surface area contributed by atoms with Crippen LogP contribution in [0.4, 0.5) is 0 Å². The summed E-state index contributed by atoms with van der Waals surface area (Å²) in [7, 11) is 0. The summed E-state index contributed by atoms with van der Waals surface area (Å²) in [6, 6.07) is 2.40. The molecule has 2 heterocycles. The zero-order valence-corrected chi connectivity index (χ0v) is 22.0. The molecule has 35 heavy (non-hydrogen) atoms. The van der Waals surface area contributed by atoms with Crippen LogP contribution in [-0.2, 0) is 27.8 Å². The van der Waals surface area contributed by atoms with E-state index < -0.39 is 29.5 Å². The smallest absolute Gasteiger partial charge is 0.246 e. The van der Waals surface area contributed by atoms with Crippen molar-refractivity contribution in [1.29, 1.82) is 0 Å². The summed E-state index contributed by atoms with van der Waals surface area (Å²) in [6.45, 7) is 18.0. The first kappa shape index (κ1) is 26.5. The van der Waals surface area contributed by atoms with Gasteiger partial charge < -0.3 is 20.7 Å². The maximum Gasteiger partial charge on any atom is 0.246 e. The van der Waals surface area contributed by atoms with E-state index in [1.165, 1.54) is 16.7 Å². The van der Waals surface area contributed by atoms with Crippen molar-refractivity contribution in [2.75, 3.05) is 0 Å². The number of fused-ring (bicyclic) bond motifs is 1. The van der Waals surface area contributed by atoms with Gasteiger partial charge in [0.15, 0.2) is 0 Å². The molecule has 0 saturated carbocycles. The monoisotopic (exact) mass is 477 g/mol. The van der Waals surface area contributed by atoms with E-state index in [9.17, 15) is 14.7 Å². The Hall–Kier alpha value is -3.12. The van der Waals surface area contributed by atoms with E-state index in [0.717, 1.165) is 35.0 Å². The summed E-state index contributed by atoms with van der Waals surface area (Å²) < 4.78 is 0. The summed E-state index contributed by atoms with van der Waals surface area (Å²) in [5, 5.41) is 17.8. The molecule has 6 heteroatoms. The van der Waals surface area contributed by atoms with Crippen LogP contribution in [-0.4, -0.2) is 34.0 Å². The standard InChI is InChI=1S/C29H39N3O3/c1-9-29(7,8)26-22(25(33)24-28(35)30-18(6)27(34)32-24)21-15-13-19(12-10-16(2)3)20(23(21)31-26)14-11-17(4)5/h9-11,13,15,18,24-25,31,33H,1,12,14H2,2-8H3,(H,30,35)(H,32,34). The van der Waals surface area contributed by atoms with E-state index in [4.69, 9.17) is 0 Å². The van der Waals surface area contributed by atoms with Crippen molar-refractivity contribution >= 4 is 22.7 Å². The van der Waals surface area contributed by atoms with Gasteiger partial charge in [-0.2, -0.15) is 0 Å². The van der Waals surface area contributed by atoms with Gasteiger partial charge in [0.1, 0.15) is 18.2 Å². The number of amides is 2. The second-order valence-electron chi connectivity index (χ2n) is 10.6. The Morgan fingerprint density at radius 1 is 1.06 bits per heavy atom. The lowest BCUT2D eigenvalue weighted by Crippen LogP contribution is -2.62. The van der Waals surface area contributed by atoms with Crippen LogP contribution in [0.5, 0.6) is 0 Å². The maximum atomic E-state index is 12.8. The fraction of sp³-hybridized carbons (Fsp3) is 0.448. The molecule has 4 N–H and O–H groups in total. The van der Waals surface area contributed by atoms with E-state index in [1.54, 1.807) is 6.92 Å². The molecule has 0 aliphatic carbocycles. The topological polar surface area (TPSA) is 94.2 Å². The van der Waals surface area contributed by atoms with Gasteiger partial charge in [0.25, 0.3) is 0 Å². The van der Waals surface area contributed by atoms with Crippen molar-refractivity contribution in [3.05, 3.63) is 70.5 Å². The average Bonchev–Trinajstić information content (AvgIpc) is 3.18. The van der Waals surface area contributed by atoms with Gasteiger partial charge in [-0.15, -0.1) is 6.58 Å². The van der Waals surface area contributed by atoms with Crippen LogP contribution >= 0.6 is 0 Å². The lowest BCUT2D eigenvalue weighted by atomic mass is 9.83. The van der Waals surface area contributed by atoms with E-state index in [1.807, 2.05) is 26.0 Å².